The summed E-state index contributed by atoms with van der Waals surface area (Å²) >= 11 is 1.53. The number of rotatable bonds is 5. The Morgan fingerprint density at radius 2 is 2.17 bits per heavy atom. The molecule has 1 rings (SSSR count). The van der Waals surface area contributed by atoms with Gasteiger partial charge in [-0.05, 0) is 24.0 Å². The smallest absolute Gasteiger partial charge is 0.329 e. The molecule has 0 bridgehead atoms. The largest absolute Gasteiger partial charge is 0.480 e. The molecule has 0 saturated heterocycles. The number of carboxylic acid groups (broad SMARTS) is 1. The predicted octanol–water partition coefficient (Wildman–Crippen LogP) is 2.28. The fourth-order valence-corrected chi connectivity index (χ4v) is 3.01. The summed E-state index contributed by atoms with van der Waals surface area (Å²) in [6.07, 6.45) is 3.00. The number of amides is 1. The topological polar surface area (TPSA) is 66.4 Å². The van der Waals surface area contributed by atoms with E-state index in [1.807, 2.05) is 20.8 Å². The SMILES string of the molecule is CC1CCCC(NC(=O)CSC(C)C)(C(=O)O)C1. The third-order valence-electron chi connectivity index (χ3n) is 3.33. The molecule has 5 heteroatoms. The number of hydrogen-bond acceptors (Lipinski definition) is 3. The summed E-state index contributed by atoms with van der Waals surface area (Å²) in [5, 5.41) is 12.5. The first-order valence-electron chi connectivity index (χ1n) is 6.52. The molecule has 0 spiro atoms. The zero-order valence-corrected chi connectivity index (χ0v) is 12.2. The standard InChI is InChI=1S/C13H23NO3S/c1-9(2)18-8-11(15)14-13(12(16)17)6-4-5-10(3)7-13/h9-10H,4-8H2,1-3H3,(H,14,15)(H,16,17). The number of aliphatic carboxylic acids is 1. The summed E-state index contributed by atoms with van der Waals surface area (Å²) in [6.45, 7) is 6.09. The average Bonchev–Trinajstić information content (AvgIpc) is 2.26. The van der Waals surface area contributed by atoms with Gasteiger partial charge in [0.05, 0.1) is 5.75 Å². The molecule has 18 heavy (non-hydrogen) atoms. The lowest BCUT2D eigenvalue weighted by Crippen LogP contribution is -2.57. The zero-order chi connectivity index (χ0) is 13.8. The van der Waals surface area contributed by atoms with Crippen LogP contribution in [0.3, 0.4) is 0 Å². The van der Waals surface area contributed by atoms with Crippen LogP contribution in [-0.2, 0) is 9.59 Å². The van der Waals surface area contributed by atoms with Gasteiger partial charge >= 0.3 is 5.97 Å². The lowest BCUT2D eigenvalue weighted by molar-refractivity contribution is -0.149. The number of carbonyl (C=O) groups excluding carboxylic acids is 1. The second-order valence-corrected chi connectivity index (χ2v) is 7.06. The molecular formula is C13H23NO3S. The maximum absolute atomic E-state index is 11.8. The van der Waals surface area contributed by atoms with E-state index in [9.17, 15) is 14.7 Å². The summed E-state index contributed by atoms with van der Waals surface area (Å²) in [5.41, 5.74) is -1.04. The molecule has 1 aliphatic carbocycles. The van der Waals surface area contributed by atoms with E-state index in [2.05, 4.69) is 5.32 Å². The highest BCUT2D eigenvalue weighted by molar-refractivity contribution is 8.00. The molecule has 1 fully saturated rings. The normalized spacial score (nSPS) is 28.1. The first kappa shape index (κ1) is 15.3. The number of hydrogen-bond donors (Lipinski definition) is 2. The molecule has 0 aromatic heterocycles. The Labute approximate surface area is 113 Å². The Kier molecular flexibility index (Phi) is 5.50. The van der Waals surface area contributed by atoms with Crippen LogP contribution in [0.4, 0.5) is 0 Å². The van der Waals surface area contributed by atoms with Crippen LogP contribution < -0.4 is 5.32 Å². The number of nitrogens with one attached hydrogen (secondary N) is 1. The lowest BCUT2D eigenvalue weighted by atomic mass is 9.76. The maximum atomic E-state index is 11.8. The van der Waals surface area contributed by atoms with E-state index in [1.54, 1.807) is 0 Å². The van der Waals surface area contributed by atoms with E-state index >= 15 is 0 Å². The summed E-state index contributed by atoms with van der Waals surface area (Å²) in [5.74, 6) is -0.365. The van der Waals surface area contributed by atoms with E-state index in [1.165, 1.54) is 11.8 Å². The monoisotopic (exact) mass is 273 g/mol. The van der Waals surface area contributed by atoms with Gasteiger partial charge in [-0.2, -0.15) is 0 Å². The van der Waals surface area contributed by atoms with Gasteiger partial charge in [0.25, 0.3) is 0 Å². The van der Waals surface area contributed by atoms with Crippen LogP contribution in [0.15, 0.2) is 0 Å². The van der Waals surface area contributed by atoms with Gasteiger partial charge in [0.15, 0.2) is 0 Å². The molecule has 4 nitrogen and oxygen atoms in total. The fourth-order valence-electron chi connectivity index (χ4n) is 2.46. The van der Waals surface area contributed by atoms with Crippen LogP contribution in [0, 0.1) is 5.92 Å². The molecule has 1 aliphatic rings. The molecule has 0 aromatic carbocycles. The third-order valence-corrected chi connectivity index (χ3v) is 4.43. The predicted molar refractivity (Wildman–Crippen MR) is 73.7 cm³/mol. The average molecular weight is 273 g/mol. The van der Waals surface area contributed by atoms with Gasteiger partial charge in [0.1, 0.15) is 5.54 Å². The first-order valence-corrected chi connectivity index (χ1v) is 7.56. The quantitative estimate of drug-likeness (QED) is 0.806. The molecule has 0 radical (unpaired) electrons. The Hall–Kier alpha value is -0.710. The molecule has 1 saturated carbocycles. The molecule has 0 aliphatic heterocycles. The Balaban J connectivity index is 2.62. The van der Waals surface area contributed by atoms with Crippen molar-refractivity contribution in [2.24, 2.45) is 5.92 Å². The van der Waals surface area contributed by atoms with E-state index in [-0.39, 0.29) is 5.91 Å². The van der Waals surface area contributed by atoms with Crippen LogP contribution in [-0.4, -0.2) is 33.5 Å². The fraction of sp³-hybridized carbons (Fsp3) is 0.846. The van der Waals surface area contributed by atoms with Gasteiger partial charge in [-0.25, -0.2) is 4.79 Å². The highest BCUT2D eigenvalue weighted by Gasteiger charge is 2.42. The third kappa shape index (κ3) is 4.19. The summed E-state index contributed by atoms with van der Waals surface area (Å²) in [4.78, 5) is 23.3. The molecule has 104 valence electrons. The summed E-state index contributed by atoms with van der Waals surface area (Å²) in [6, 6.07) is 0. The molecule has 0 heterocycles. The van der Waals surface area contributed by atoms with Gasteiger partial charge in [-0.1, -0.05) is 33.6 Å². The minimum atomic E-state index is -1.04. The molecule has 0 aromatic rings. The van der Waals surface area contributed by atoms with Crippen molar-refractivity contribution in [3.8, 4) is 0 Å². The number of carbonyl (C=O) groups is 2. The zero-order valence-electron chi connectivity index (χ0n) is 11.4. The Morgan fingerprint density at radius 1 is 1.50 bits per heavy atom. The van der Waals surface area contributed by atoms with Crippen molar-refractivity contribution in [2.75, 3.05) is 5.75 Å². The van der Waals surface area contributed by atoms with Crippen LogP contribution in [0.25, 0.3) is 0 Å². The minimum Gasteiger partial charge on any atom is -0.480 e. The molecular weight excluding hydrogens is 250 g/mol. The van der Waals surface area contributed by atoms with Gasteiger partial charge in [0, 0.05) is 0 Å². The lowest BCUT2D eigenvalue weighted by Gasteiger charge is -2.37. The van der Waals surface area contributed by atoms with Crippen LogP contribution in [0.2, 0.25) is 0 Å². The first-order chi connectivity index (χ1) is 8.35. The maximum Gasteiger partial charge on any atom is 0.329 e. The van der Waals surface area contributed by atoms with Crippen LogP contribution in [0.1, 0.15) is 46.5 Å². The van der Waals surface area contributed by atoms with Gasteiger partial charge < -0.3 is 10.4 Å². The van der Waals surface area contributed by atoms with E-state index in [0.717, 1.165) is 12.8 Å². The van der Waals surface area contributed by atoms with Crippen molar-refractivity contribution in [1.29, 1.82) is 0 Å². The highest BCUT2D eigenvalue weighted by atomic mass is 32.2. The van der Waals surface area contributed by atoms with Crippen molar-refractivity contribution in [1.82, 2.24) is 5.32 Å². The second-order valence-electron chi connectivity index (χ2n) is 5.50. The minimum absolute atomic E-state index is 0.162. The van der Waals surface area contributed by atoms with Crippen molar-refractivity contribution in [3.05, 3.63) is 0 Å². The van der Waals surface area contributed by atoms with Crippen molar-refractivity contribution in [3.63, 3.8) is 0 Å². The van der Waals surface area contributed by atoms with Crippen LogP contribution in [0.5, 0.6) is 0 Å². The van der Waals surface area contributed by atoms with E-state index < -0.39 is 11.5 Å². The summed E-state index contributed by atoms with van der Waals surface area (Å²) < 4.78 is 0. The highest BCUT2D eigenvalue weighted by Crippen LogP contribution is 2.32. The van der Waals surface area contributed by atoms with Crippen molar-refractivity contribution >= 4 is 23.6 Å². The van der Waals surface area contributed by atoms with Crippen LogP contribution >= 0.6 is 11.8 Å². The number of carboxylic acids is 1. The molecule has 2 N–H and O–H groups in total. The molecule has 1 amide bonds. The Bertz CT molecular complexity index is 319. The van der Waals surface area contributed by atoms with Gasteiger partial charge in [0.2, 0.25) is 5.91 Å². The second kappa shape index (κ2) is 6.45. The van der Waals surface area contributed by atoms with E-state index in [0.29, 0.717) is 29.8 Å². The van der Waals surface area contributed by atoms with Crippen molar-refractivity contribution < 1.29 is 14.7 Å². The number of thioether (sulfide) groups is 1. The molecule has 2 atom stereocenters. The van der Waals surface area contributed by atoms with Gasteiger partial charge in [-0.15, -0.1) is 11.8 Å². The van der Waals surface area contributed by atoms with Crippen molar-refractivity contribution in [2.45, 2.75) is 57.2 Å². The van der Waals surface area contributed by atoms with E-state index in [4.69, 9.17) is 0 Å². The Morgan fingerprint density at radius 3 is 2.67 bits per heavy atom. The summed E-state index contributed by atoms with van der Waals surface area (Å²) in [7, 11) is 0. The van der Waals surface area contributed by atoms with Gasteiger partial charge in [-0.3, -0.25) is 4.79 Å². The molecule has 2 unspecified atom stereocenters.